The van der Waals surface area contributed by atoms with Gasteiger partial charge < -0.3 is 0 Å². The largest absolute Gasteiger partial charge is 0.273 e. The molecule has 0 aromatic heterocycles. The molecule has 0 saturated carbocycles. The number of thiocarbonyl (C=S) groups is 1. The zero-order chi connectivity index (χ0) is 10.8. The van der Waals surface area contributed by atoms with E-state index < -0.39 is 0 Å². The molecule has 15 heavy (non-hydrogen) atoms. The van der Waals surface area contributed by atoms with Crippen molar-refractivity contribution in [3.63, 3.8) is 0 Å². The number of thioether (sulfide) groups is 1. The molecule has 2 amide bonds. The van der Waals surface area contributed by atoms with Crippen LogP contribution in [-0.2, 0) is 4.79 Å². The summed E-state index contributed by atoms with van der Waals surface area (Å²) < 4.78 is 0.342. The Hall–Kier alpha value is -1.20. The van der Waals surface area contributed by atoms with Crippen molar-refractivity contribution in [3.8, 4) is 0 Å². The van der Waals surface area contributed by atoms with Gasteiger partial charge in [0.15, 0.2) is 4.32 Å². The summed E-state index contributed by atoms with van der Waals surface area (Å²) in [7, 11) is 0. The fourth-order valence-corrected chi connectivity index (χ4v) is 2.31. The maximum atomic E-state index is 11.9. The molecule has 0 radical (unpaired) electrons. The number of amides is 2. The molecule has 1 fully saturated rings. The molecular formula is C10H7NO2S2. The number of carbonyl (C=O) groups excluding carboxylic acids is 2. The van der Waals surface area contributed by atoms with Gasteiger partial charge >= 0.3 is 0 Å². The van der Waals surface area contributed by atoms with Gasteiger partial charge in [0.2, 0.25) is 5.91 Å². The van der Waals surface area contributed by atoms with Gasteiger partial charge in [0.1, 0.15) is 0 Å². The Kier molecular flexibility index (Phi) is 2.83. The molecule has 1 aliphatic rings. The number of imide groups is 1. The predicted octanol–water partition coefficient (Wildman–Crippen LogP) is 1.69. The first-order chi connectivity index (χ1) is 7.20. The number of nitrogens with zero attached hydrogens (tertiary/aromatic N) is 1. The summed E-state index contributed by atoms with van der Waals surface area (Å²) in [5.74, 6) is -0.313. The highest BCUT2D eigenvalue weighted by molar-refractivity contribution is 8.24. The standard InChI is InChI=1S/C10H7NO2S2/c12-8-6-15-10(14)11(8)9(13)7-4-2-1-3-5-7/h1-5H,6H2. The third-order valence-corrected chi connectivity index (χ3v) is 3.33. The van der Waals surface area contributed by atoms with Crippen LogP contribution in [0.15, 0.2) is 30.3 Å². The molecule has 1 heterocycles. The van der Waals surface area contributed by atoms with Gasteiger partial charge in [-0.15, -0.1) is 0 Å². The van der Waals surface area contributed by atoms with Gasteiger partial charge in [0.05, 0.1) is 5.75 Å². The van der Waals surface area contributed by atoms with Crippen LogP contribution in [0.3, 0.4) is 0 Å². The van der Waals surface area contributed by atoms with Crippen LogP contribution in [0.2, 0.25) is 0 Å². The SMILES string of the molecule is O=C1CSC(=S)N1C(=O)c1ccccc1. The second-order valence-corrected chi connectivity index (χ2v) is 4.56. The molecule has 0 unspecified atom stereocenters. The average Bonchev–Trinajstić information content (AvgIpc) is 2.59. The fraction of sp³-hybridized carbons (Fsp3) is 0.100. The van der Waals surface area contributed by atoms with E-state index in [2.05, 4.69) is 0 Å². The first-order valence-corrected chi connectivity index (χ1v) is 5.68. The van der Waals surface area contributed by atoms with Crippen LogP contribution in [0.5, 0.6) is 0 Å². The normalized spacial score (nSPS) is 15.9. The average molecular weight is 237 g/mol. The van der Waals surface area contributed by atoms with Gasteiger partial charge in [-0.25, -0.2) is 4.90 Å². The van der Waals surface area contributed by atoms with Crippen LogP contribution < -0.4 is 0 Å². The summed E-state index contributed by atoms with van der Waals surface area (Å²) in [4.78, 5) is 24.3. The third kappa shape index (κ3) is 1.93. The molecule has 76 valence electrons. The number of rotatable bonds is 1. The Morgan fingerprint density at radius 3 is 2.53 bits per heavy atom. The minimum Gasteiger partial charge on any atom is -0.273 e. The second kappa shape index (κ2) is 4.12. The van der Waals surface area contributed by atoms with E-state index in [-0.39, 0.29) is 17.6 Å². The lowest BCUT2D eigenvalue weighted by atomic mass is 10.2. The van der Waals surface area contributed by atoms with Crippen molar-refractivity contribution < 1.29 is 9.59 Å². The van der Waals surface area contributed by atoms with E-state index in [1.165, 1.54) is 11.8 Å². The lowest BCUT2D eigenvalue weighted by Gasteiger charge is -2.12. The van der Waals surface area contributed by atoms with Gasteiger partial charge in [-0.2, -0.15) is 0 Å². The third-order valence-electron chi connectivity index (χ3n) is 1.97. The van der Waals surface area contributed by atoms with Gasteiger partial charge in [0.25, 0.3) is 5.91 Å². The molecular weight excluding hydrogens is 230 g/mol. The highest BCUT2D eigenvalue weighted by atomic mass is 32.2. The van der Waals surface area contributed by atoms with E-state index in [4.69, 9.17) is 12.2 Å². The Balaban J connectivity index is 2.29. The number of hydrogen-bond acceptors (Lipinski definition) is 4. The maximum absolute atomic E-state index is 11.9. The van der Waals surface area contributed by atoms with Crippen molar-refractivity contribution in [1.29, 1.82) is 0 Å². The summed E-state index contributed by atoms with van der Waals surface area (Å²) >= 11 is 6.16. The van der Waals surface area contributed by atoms with Crippen LogP contribution in [0.25, 0.3) is 0 Å². The molecule has 1 aromatic rings. The molecule has 1 aromatic carbocycles. The van der Waals surface area contributed by atoms with E-state index in [0.717, 1.165) is 4.90 Å². The Morgan fingerprint density at radius 1 is 1.33 bits per heavy atom. The second-order valence-electron chi connectivity index (χ2n) is 2.95. The van der Waals surface area contributed by atoms with Crippen molar-refractivity contribution in [2.24, 2.45) is 0 Å². The minimum atomic E-state index is -0.337. The number of hydrogen-bond donors (Lipinski definition) is 0. The topological polar surface area (TPSA) is 37.4 Å². The van der Waals surface area contributed by atoms with Crippen molar-refractivity contribution >= 4 is 40.1 Å². The van der Waals surface area contributed by atoms with Crippen LogP contribution in [0.4, 0.5) is 0 Å². The minimum absolute atomic E-state index is 0.237. The lowest BCUT2D eigenvalue weighted by Crippen LogP contribution is -2.34. The highest BCUT2D eigenvalue weighted by Gasteiger charge is 2.32. The van der Waals surface area contributed by atoms with Crippen LogP contribution in [0, 0.1) is 0 Å². The zero-order valence-corrected chi connectivity index (χ0v) is 9.31. The predicted molar refractivity (Wildman–Crippen MR) is 62.7 cm³/mol. The number of carbonyl (C=O) groups is 2. The van der Waals surface area contributed by atoms with Crippen molar-refractivity contribution in [3.05, 3.63) is 35.9 Å². The molecule has 0 bridgehead atoms. The first-order valence-electron chi connectivity index (χ1n) is 4.29. The summed E-state index contributed by atoms with van der Waals surface area (Å²) in [6.45, 7) is 0. The molecule has 2 rings (SSSR count). The lowest BCUT2D eigenvalue weighted by molar-refractivity contribution is -0.122. The number of benzene rings is 1. The summed E-state index contributed by atoms with van der Waals surface area (Å²) in [5.41, 5.74) is 0.482. The van der Waals surface area contributed by atoms with Gasteiger partial charge in [0, 0.05) is 5.56 Å². The monoisotopic (exact) mass is 237 g/mol. The fourth-order valence-electron chi connectivity index (χ4n) is 1.26. The van der Waals surface area contributed by atoms with E-state index >= 15 is 0 Å². The van der Waals surface area contributed by atoms with E-state index in [1.807, 2.05) is 6.07 Å². The Labute approximate surface area is 96.5 Å². The molecule has 1 aliphatic heterocycles. The van der Waals surface area contributed by atoms with Crippen LogP contribution in [-0.4, -0.2) is 26.8 Å². The molecule has 0 aliphatic carbocycles. The molecule has 0 N–H and O–H groups in total. The molecule has 5 heteroatoms. The molecule has 0 spiro atoms. The molecule has 1 saturated heterocycles. The van der Waals surface area contributed by atoms with Crippen LogP contribution >= 0.6 is 24.0 Å². The quantitative estimate of drug-likeness (QED) is 0.550. The molecule has 3 nitrogen and oxygen atoms in total. The van der Waals surface area contributed by atoms with E-state index in [0.29, 0.717) is 9.88 Å². The Morgan fingerprint density at radius 2 is 2.00 bits per heavy atom. The van der Waals surface area contributed by atoms with E-state index in [1.54, 1.807) is 24.3 Å². The van der Waals surface area contributed by atoms with E-state index in [9.17, 15) is 9.59 Å². The first kappa shape index (κ1) is 10.3. The van der Waals surface area contributed by atoms with Gasteiger partial charge in [-0.3, -0.25) is 9.59 Å². The summed E-state index contributed by atoms with van der Waals surface area (Å²) in [5, 5.41) is 0. The van der Waals surface area contributed by atoms with Crippen molar-refractivity contribution in [2.45, 2.75) is 0 Å². The smallest absolute Gasteiger partial charge is 0.266 e. The van der Waals surface area contributed by atoms with Crippen LogP contribution in [0.1, 0.15) is 10.4 Å². The van der Waals surface area contributed by atoms with Gasteiger partial charge in [-0.05, 0) is 12.1 Å². The summed E-state index contributed by atoms with van der Waals surface area (Å²) in [6, 6.07) is 8.66. The van der Waals surface area contributed by atoms with Crippen molar-refractivity contribution in [1.82, 2.24) is 4.90 Å². The Bertz CT molecular complexity index is 414. The zero-order valence-electron chi connectivity index (χ0n) is 7.67. The van der Waals surface area contributed by atoms with Gasteiger partial charge in [-0.1, -0.05) is 42.2 Å². The maximum Gasteiger partial charge on any atom is 0.266 e. The molecule has 0 atom stereocenters. The highest BCUT2D eigenvalue weighted by Crippen LogP contribution is 2.21. The van der Waals surface area contributed by atoms with Crippen molar-refractivity contribution in [2.75, 3.05) is 5.75 Å². The summed E-state index contributed by atoms with van der Waals surface area (Å²) in [6.07, 6.45) is 0.